The van der Waals surface area contributed by atoms with E-state index in [-0.39, 0.29) is 17.4 Å². The Bertz CT molecular complexity index is 1290. The van der Waals surface area contributed by atoms with Crippen LogP contribution in [-0.4, -0.2) is 50.9 Å². The molecular weight excluding hydrogens is 419 g/mol. The fraction of sp³-hybridized carbons (Fsp3) is 0.300. The first-order chi connectivity index (χ1) is 16.6. The lowest BCUT2D eigenvalue weighted by Crippen LogP contribution is -2.24. The number of anilines is 3. The van der Waals surface area contributed by atoms with E-state index in [1.807, 2.05) is 0 Å². The monoisotopic (exact) mass is 443 g/mol. The number of amides is 2. The lowest BCUT2D eigenvalue weighted by Gasteiger charge is -2.17. The van der Waals surface area contributed by atoms with Crippen molar-refractivity contribution in [2.45, 2.75) is 12.8 Å². The van der Waals surface area contributed by atoms with E-state index in [4.69, 9.17) is 8.85 Å². The van der Waals surface area contributed by atoms with E-state index in [1.165, 1.54) is 18.1 Å². The zero-order valence-corrected chi connectivity index (χ0v) is 17.1. The van der Waals surface area contributed by atoms with Crippen LogP contribution in [0.25, 0.3) is 11.4 Å². The van der Waals surface area contributed by atoms with Crippen LogP contribution in [0.5, 0.6) is 5.75 Å². The third-order valence-electron chi connectivity index (χ3n) is 4.75. The fourth-order valence-electron chi connectivity index (χ4n) is 3.02. The summed E-state index contributed by atoms with van der Waals surface area (Å²) < 4.78 is 44.4. The van der Waals surface area contributed by atoms with E-state index in [1.54, 1.807) is 30.6 Å². The first-order valence-corrected chi connectivity index (χ1v) is 9.57. The Labute approximate surface area is 186 Å². The van der Waals surface area contributed by atoms with Crippen molar-refractivity contribution in [1.82, 2.24) is 30.3 Å². The number of benzene rings is 1. The third kappa shape index (κ3) is 4.06. The van der Waals surface area contributed by atoms with E-state index in [9.17, 15) is 9.59 Å². The molecule has 32 heavy (non-hydrogen) atoms. The second kappa shape index (κ2) is 8.57. The van der Waals surface area contributed by atoms with Crippen molar-refractivity contribution in [2.75, 3.05) is 24.7 Å². The molecular formula is C20H21FN8O3. The molecule has 0 spiro atoms. The number of nitrogens with one attached hydrogen (secondary N) is 3. The van der Waals surface area contributed by atoms with Crippen molar-refractivity contribution in [3.63, 3.8) is 0 Å². The van der Waals surface area contributed by atoms with Crippen molar-refractivity contribution >= 4 is 29.0 Å². The maximum atomic E-state index is 15.5. The van der Waals surface area contributed by atoms with Gasteiger partial charge in [-0.1, -0.05) is 6.07 Å². The SMILES string of the molecule is [2H]C([2H])([2H])NC(=O)c1nnc(NC(=O)C2CC2)c(F)c1Nc1cccc(-c2ncn(C)n2)c1OC. The molecule has 0 saturated heterocycles. The summed E-state index contributed by atoms with van der Waals surface area (Å²) in [7, 11) is 3.08. The van der Waals surface area contributed by atoms with Crippen LogP contribution < -0.4 is 20.7 Å². The lowest BCUT2D eigenvalue weighted by molar-refractivity contribution is -0.117. The van der Waals surface area contributed by atoms with Crippen molar-refractivity contribution in [1.29, 1.82) is 0 Å². The second-order valence-electron chi connectivity index (χ2n) is 7.06. The number of hydrogen-bond acceptors (Lipinski definition) is 8. The minimum atomic E-state index is -2.85. The molecule has 1 aliphatic rings. The molecule has 0 radical (unpaired) electrons. The molecule has 3 N–H and O–H groups in total. The number of para-hydroxylation sites is 1. The molecule has 11 nitrogen and oxygen atoms in total. The second-order valence-corrected chi connectivity index (χ2v) is 7.06. The molecule has 4 rings (SSSR count). The first kappa shape index (κ1) is 17.6. The van der Waals surface area contributed by atoms with Crippen LogP contribution in [0.2, 0.25) is 0 Å². The minimum Gasteiger partial charge on any atom is -0.494 e. The van der Waals surface area contributed by atoms with Gasteiger partial charge >= 0.3 is 0 Å². The third-order valence-corrected chi connectivity index (χ3v) is 4.75. The summed E-state index contributed by atoms with van der Waals surface area (Å²) in [6, 6.07) is 4.85. The molecule has 1 aliphatic carbocycles. The van der Waals surface area contributed by atoms with Gasteiger partial charge < -0.3 is 20.7 Å². The molecule has 2 aromatic heterocycles. The van der Waals surface area contributed by atoms with Gasteiger partial charge in [0.1, 0.15) is 12.0 Å². The Hall–Kier alpha value is -4.09. The highest BCUT2D eigenvalue weighted by Crippen LogP contribution is 2.38. The highest BCUT2D eigenvalue weighted by Gasteiger charge is 2.31. The van der Waals surface area contributed by atoms with Crippen LogP contribution >= 0.6 is 0 Å². The van der Waals surface area contributed by atoms with Crippen molar-refractivity contribution in [3.8, 4) is 17.1 Å². The zero-order chi connectivity index (χ0) is 25.3. The Balaban J connectivity index is 1.78. The molecule has 0 bridgehead atoms. The summed E-state index contributed by atoms with van der Waals surface area (Å²) >= 11 is 0. The van der Waals surface area contributed by atoms with E-state index in [0.29, 0.717) is 24.2 Å². The number of carbonyl (C=O) groups is 2. The van der Waals surface area contributed by atoms with Crippen molar-refractivity contribution in [3.05, 3.63) is 36.0 Å². The fourth-order valence-corrected chi connectivity index (χ4v) is 3.02. The highest BCUT2D eigenvalue weighted by molar-refractivity contribution is 6.00. The molecule has 0 atom stereocenters. The van der Waals surface area contributed by atoms with E-state index in [0.717, 1.165) is 0 Å². The number of rotatable bonds is 7. The molecule has 0 aliphatic heterocycles. The van der Waals surface area contributed by atoms with Gasteiger partial charge in [0, 0.05) is 24.1 Å². The molecule has 0 unspecified atom stereocenters. The number of halogens is 1. The summed E-state index contributed by atoms with van der Waals surface area (Å²) in [5.41, 5.74) is -0.466. The van der Waals surface area contributed by atoms with Gasteiger partial charge in [0.15, 0.2) is 28.9 Å². The number of carbonyl (C=O) groups excluding carboxylic acids is 2. The molecule has 2 amide bonds. The normalized spacial score (nSPS) is 14.7. The molecule has 12 heteroatoms. The molecule has 166 valence electrons. The van der Waals surface area contributed by atoms with Gasteiger partial charge in [0.25, 0.3) is 5.91 Å². The summed E-state index contributed by atoms with van der Waals surface area (Å²) in [5, 5.41) is 18.4. The summed E-state index contributed by atoms with van der Waals surface area (Å²) in [6.45, 7) is -2.85. The summed E-state index contributed by atoms with van der Waals surface area (Å²) in [6.07, 6.45) is 2.85. The van der Waals surface area contributed by atoms with Gasteiger partial charge in [-0.25, -0.2) is 9.37 Å². The van der Waals surface area contributed by atoms with E-state index < -0.39 is 41.8 Å². The highest BCUT2D eigenvalue weighted by atomic mass is 19.1. The van der Waals surface area contributed by atoms with Gasteiger partial charge in [-0.05, 0) is 25.0 Å². The lowest BCUT2D eigenvalue weighted by atomic mass is 10.1. The van der Waals surface area contributed by atoms with E-state index >= 15 is 4.39 Å². The Kier molecular flexibility index (Phi) is 4.71. The topological polar surface area (TPSA) is 136 Å². The first-order valence-electron chi connectivity index (χ1n) is 11.1. The van der Waals surface area contributed by atoms with Crippen LogP contribution in [0, 0.1) is 11.7 Å². The quantitative estimate of drug-likeness (QED) is 0.504. The Morgan fingerprint density at radius 1 is 1.31 bits per heavy atom. The number of ether oxygens (including phenoxy) is 1. The average molecular weight is 443 g/mol. The molecule has 3 aromatic rings. The maximum Gasteiger partial charge on any atom is 0.273 e. The van der Waals surface area contributed by atoms with Gasteiger partial charge in [-0.2, -0.15) is 5.10 Å². The average Bonchev–Trinajstić information content (AvgIpc) is 3.56. The number of methoxy groups -OCH3 is 1. The number of hydrogen-bond donors (Lipinski definition) is 3. The predicted octanol–water partition coefficient (Wildman–Crippen LogP) is 1.87. The largest absolute Gasteiger partial charge is 0.494 e. The molecule has 1 saturated carbocycles. The number of aryl methyl sites for hydroxylation is 1. The Morgan fingerprint density at radius 2 is 2.12 bits per heavy atom. The van der Waals surface area contributed by atoms with Gasteiger partial charge in [0.05, 0.1) is 18.4 Å². The zero-order valence-electron chi connectivity index (χ0n) is 20.1. The van der Waals surface area contributed by atoms with Crippen LogP contribution in [0.15, 0.2) is 24.5 Å². The minimum absolute atomic E-state index is 0.201. The number of aromatic nitrogens is 5. The maximum absolute atomic E-state index is 15.5. The summed E-state index contributed by atoms with van der Waals surface area (Å²) in [5.74, 6) is -2.91. The van der Waals surface area contributed by atoms with Crippen LogP contribution in [0.4, 0.5) is 21.6 Å². The van der Waals surface area contributed by atoms with E-state index in [2.05, 4.69) is 30.9 Å². The van der Waals surface area contributed by atoms with Gasteiger partial charge in [0.2, 0.25) is 5.91 Å². The smallest absolute Gasteiger partial charge is 0.273 e. The van der Waals surface area contributed by atoms with Crippen molar-refractivity contribution < 1.29 is 22.8 Å². The standard InChI is InChI=1S/C20H21FN8O3/c1-22-20(31)15-14(13(21)18(27-26-15)25-19(30)10-7-8-10)24-12-6-4-5-11(16(12)32-3)17-23-9-29(2)28-17/h4-6,9-10H,7-8H2,1-3H3,(H,22,31)(H2,24,25,27,30)/i1D3. The van der Waals surface area contributed by atoms with Gasteiger partial charge in [-0.3, -0.25) is 14.3 Å². The van der Waals surface area contributed by atoms with Crippen molar-refractivity contribution in [2.24, 2.45) is 13.0 Å². The van der Waals surface area contributed by atoms with Gasteiger partial charge in [-0.15, -0.1) is 10.2 Å². The predicted molar refractivity (Wildman–Crippen MR) is 113 cm³/mol. The van der Waals surface area contributed by atoms with Crippen LogP contribution in [-0.2, 0) is 11.8 Å². The van der Waals surface area contributed by atoms with Crippen LogP contribution in [0.3, 0.4) is 0 Å². The molecule has 2 heterocycles. The number of nitrogens with zero attached hydrogens (tertiary/aromatic N) is 5. The van der Waals surface area contributed by atoms with Crippen LogP contribution in [0.1, 0.15) is 27.4 Å². The molecule has 1 fully saturated rings. The Morgan fingerprint density at radius 3 is 2.78 bits per heavy atom. The molecule has 1 aromatic carbocycles. The summed E-state index contributed by atoms with van der Waals surface area (Å²) in [4.78, 5) is 28.9.